The molecule has 0 bridgehead atoms. The Bertz CT molecular complexity index is 1030. The fraction of sp³-hybridized carbons (Fsp3) is 0.0769. The highest BCUT2D eigenvalue weighted by molar-refractivity contribution is 7.99. The zero-order valence-electron chi connectivity index (χ0n) is 12.3. The number of hydrogen-bond donors (Lipinski definition) is 1. The number of nitrogens with zero attached hydrogens (tertiary/aromatic N) is 4. The van der Waals surface area contributed by atoms with Crippen LogP contribution in [0.1, 0.15) is 0 Å². The second kappa shape index (κ2) is 6.19. The maximum Gasteiger partial charge on any atom is 0.284 e. The summed E-state index contributed by atoms with van der Waals surface area (Å²) in [5, 5.41) is 19.7. The van der Waals surface area contributed by atoms with E-state index in [1.54, 1.807) is 28.8 Å². The second-order valence-corrected chi connectivity index (χ2v) is 7.50. The van der Waals surface area contributed by atoms with Crippen LogP contribution in [0.25, 0.3) is 5.65 Å². The molecule has 124 valence electrons. The van der Waals surface area contributed by atoms with E-state index < -0.39 is 14.9 Å². The summed E-state index contributed by atoms with van der Waals surface area (Å²) in [6.45, 7) is 0. The van der Waals surface area contributed by atoms with E-state index in [0.717, 1.165) is 17.8 Å². The van der Waals surface area contributed by atoms with Crippen LogP contribution in [0, 0.1) is 10.1 Å². The molecule has 2 aromatic heterocycles. The first-order valence-electron chi connectivity index (χ1n) is 6.62. The molecular formula is C13H11N5O4S2. The van der Waals surface area contributed by atoms with Gasteiger partial charge in [0.2, 0.25) is 15.2 Å². The molecule has 1 aromatic carbocycles. The lowest BCUT2D eigenvalue weighted by Gasteiger charge is -2.05. The number of fused-ring (bicyclic) bond motifs is 1. The van der Waals surface area contributed by atoms with Crippen LogP contribution >= 0.6 is 11.8 Å². The highest BCUT2D eigenvalue weighted by atomic mass is 32.2. The van der Waals surface area contributed by atoms with Crippen molar-refractivity contribution in [2.75, 3.05) is 7.05 Å². The monoisotopic (exact) mass is 365 g/mol. The standard InChI is InChI=1S/C13H11N5O4S2/c1-14-24(21,22)9-5-6-11(10(8-9)18(19)20)23-13-16-15-12-4-2-3-7-17(12)13/h2-8,14H,1H3. The average Bonchev–Trinajstić information content (AvgIpc) is 2.98. The minimum absolute atomic E-state index is 0.174. The Hall–Kier alpha value is -2.50. The van der Waals surface area contributed by atoms with Gasteiger partial charge in [-0.15, -0.1) is 10.2 Å². The SMILES string of the molecule is CNS(=O)(=O)c1ccc(Sc2nnc3ccccn23)c([N+](=O)[O-])c1. The molecule has 0 saturated carbocycles. The summed E-state index contributed by atoms with van der Waals surface area (Å²) in [6, 6.07) is 9.07. The van der Waals surface area contributed by atoms with E-state index >= 15 is 0 Å². The lowest BCUT2D eigenvalue weighted by Crippen LogP contribution is -2.18. The van der Waals surface area contributed by atoms with E-state index in [-0.39, 0.29) is 15.5 Å². The zero-order chi connectivity index (χ0) is 17.3. The third-order valence-electron chi connectivity index (χ3n) is 3.19. The third-order valence-corrected chi connectivity index (χ3v) is 5.63. The van der Waals surface area contributed by atoms with Gasteiger partial charge in [0.15, 0.2) is 5.65 Å². The van der Waals surface area contributed by atoms with E-state index in [2.05, 4.69) is 14.9 Å². The number of pyridine rings is 1. The maximum absolute atomic E-state index is 11.8. The van der Waals surface area contributed by atoms with Crippen LogP contribution in [0.15, 0.2) is 57.5 Å². The van der Waals surface area contributed by atoms with Crippen LogP contribution < -0.4 is 4.72 Å². The van der Waals surface area contributed by atoms with Crippen LogP contribution in [0.4, 0.5) is 5.69 Å². The number of benzene rings is 1. The molecule has 0 amide bonds. The number of sulfonamides is 1. The van der Waals surface area contributed by atoms with Crippen molar-refractivity contribution in [1.29, 1.82) is 0 Å². The largest absolute Gasteiger partial charge is 0.284 e. The van der Waals surface area contributed by atoms with Gasteiger partial charge < -0.3 is 0 Å². The molecule has 0 atom stereocenters. The average molecular weight is 365 g/mol. The molecule has 1 N–H and O–H groups in total. The molecule has 3 rings (SSSR count). The van der Waals surface area contributed by atoms with Crippen molar-refractivity contribution in [2.45, 2.75) is 14.9 Å². The topological polar surface area (TPSA) is 120 Å². The van der Waals surface area contributed by atoms with Crippen LogP contribution in [0.5, 0.6) is 0 Å². The summed E-state index contributed by atoms with van der Waals surface area (Å²) in [5.41, 5.74) is 0.293. The van der Waals surface area contributed by atoms with Crippen molar-refractivity contribution < 1.29 is 13.3 Å². The molecule has 3 aromatic rings. The van der Waals surface area contributed by atoms with Gasteiger partial charge >= 0.3 is 0 Å². The lowest BCUT2D eigenvalue weighted by atomic mass is 10.3. The smallest absolute Gasteiger partial charge is 0.277 e. The van der Waals surface area contributed by atoms with Gasteiger partial charge in [-0.1, -0.05) is 6.07 Å². The van der Waals surface area contributed by atoms with E-state index in [1.807, 2.05) is 0 Å². The third kappa shape index (κ3) is 2.96. The Morgan fingerprint density at radius 2 is 2.04 bits per heavy atom. The Balaban J connectivity index is 2.06. The van der Waals surface area contributed by atoms with Crippen molar-refractivity contribution in [2.24, 2.45) is 0 Å². The first-order valence-corrected chi connectivity index (χ1v) is 8.92. The number of nitro groups is 1. The molecule has 0 aliphatic heterocycles. The second-order valence-electron chi connectivity index (χ2n) is 4.61. The molecule has 0 unspecified atom stereocenters. The zero-order valence-corrected chi connectivity index (χ0v) is 13.9. The van der Waals surface area contributed by atoms with Crippen molar-refractivity contribution in [3.05, 3.63) is 52.7 Å². The number of hydrogen-bond acceptors (Lipinski definition) is 7. The van der Waals surface area contributed by atoms with E-state index in [4.69, 9.17) is 0 Å². The Labute approximate surface area is 140 Å². The van der Waals surface area contributed by atoms with Crippen LogP contribution in [-0.4, -0.2) is 35.0 Å². The number of aromatic nitrogens is 3. The highest BCUT2D eigenvalue weighted by Crippen LogP contribution is 2.35. The van der Waals surface area contributed by atoms with Crippen molar-refractivity contribution in [3.63, 3.8) is 0 Å². The Morgan fingerprint density at radius 1 is 1.25 bits per heavy atom. The van der Waals surface area contributed by atoms with Gasteiger partial charge in [0, 0.05) is 12.3 Å². The minimum Gasteiger partial charge on any atom is -0.277 e. The molecular weight excluding hydrogens is 354 g/mol. The van der Waals surface area contributed by atoms with Crippen molar-refractivity contribution in [1.82, 2.24) is 19.3 Å². The van der Waals surface area contributed by atoms with Gasteiger partial charge in [-0.25, -0.2) is 13.1 Å². The van der Waals surface area contributed by atoms with E-state index in [9.17, 15) is 18.5 Å². The summed E-state index contributed by atoms with van der Waals surface area (Å²) in [4.78, 5) is 10.8. The van der Waals surface area contributed by atoms with Gasteiger partial charge in [0.05, 0.1) is 14.7 Å². The van der Waals surface area contributed by atoms with Crippen LogP contribution in [0.3, 0.4) is 0 Å². The van der Waals surface area contributed by atoms with Gasteiger partial charge in [-0.3, -0.25) is 14.5 Å². The van der Waals surface area contributed by atoms with Crippen LogP contribution in [0.2, 0.25) is 0 Å². The fourth-order valence-electron chi connectivity index (χ4n) is 2.00. The highest BCUT2D eigenvalue weighted by Gasteiger charge is 2.22. The van der Waals surface area contributed by atoms with Gasteiger partial charge in [0.25, 0.3) is 5.69 Å². The van der Waals surface area contributed by atoms with Gasteiger partial charge in [-0.05, 0) is 43.1 Å². The molecule has 0 spiro atoms. The molecule has 0 fully saturated rings. The minimum atomic E-state index is -3.76. The molecule has 0 saturated heterocycles. The lowest BCUT2D eigenvalue weighted by molar-refractivity contribution is -0.388. The maximum atomic E-state index is 11.8. The number of rotatable bonds is 5. The predicted molar refractivity (Wildman–Crippen MR) is 86.5 cm³/mol. The van der Waals surface area contributed by atoms with Crippen LogP contribution in [-0.2, 0) is 10.0 Å². The molecule has 24 heavy (non-hydrogen) atoms. The first-order chi connectivity index (χ1) is 11.4. The van der Waals surface area contributed by atoms with Gasteiger partial charge in [-0.2, -0.15) is 0 Å². The van der Waals surface area contributed by atoms with Crippen molar-refractivity contribution in [3.8, 4) is 0 Å². The van der Waals surface area contributed by atoms with Gasteiger partial charge in [0.1, 0.15) is 0 Å². The van der Waals surface area contributed by atoms with E-state index in [0.29, 0.717) is 10.8 Å². The Morgan fingerprint density at radius 3 is 2.75 bits per heavy atom. The predicted octanol–water partition coefficient (Wildman–Crippen LogP) is 1.70. The number of nitro benzene ring substituents is 1. The summed E-state index contributed by atoms with van der Waals surface area (Å²) < 4.78 is 27.4. The summed E-state index contributed by atoms with van der Waals surface area (Å²) in [6.07, 6.45) is 1.74. The number of nitrogens with one attached hydrogen (secondary N) is 1. The first kappa shape index (κ1) is 16.4. The van der Waals surface area contributed by atoms with Crippen molar-refractivity contribution >= 4 is 33.1 Å². The Kier molecular flexibility index (Phi) is 4.22. The normalized spacial score (nSPS) is 11.7. The summed E-state index contributed by atoms with van der Waals surface area (Å²) in [7, 11) is -2.52. The molecule has 0 aliphatic rings. The molecule has 9 nitrogen and oxygen atoms in total. The molecule has 0 radical (unpaired) electrons. The molecule has 11 heteroatoms. The summed E-state index contributed by atoms with van der Waals surface area (Å²) in [5.74, 6) is 0. The quantitative estimate of drug-likeness (QED) is 0.540. The fourth-order valence-corrected chi connectivity index (χ4v) is 3.65. The molecule has 2 heterocycles. The molecule has 0 aliphatic carbocycles. The summed E-state index contributed by atoms with van der Waals surface area (Å²) >= 11 is 1.04. The van der Waals surface area contributed by atoms with E-state index in [1.165, 1.54) is 19.2 Å².